The topological polar surface area (TPSA) is 42.4 Å². The molecule has 0 saturated carbocycles. The number of amides is 1. The van der Waals surface area contributed by atoms with Crippen molar-refractivity contribution in [1.82, 2.24) is 9.88 Å². The highest BCUT2D eigenvalue weighted by Gasteiger charge is 2.32. The summed E-state index contributed by atoms with van der Waals surface area (Å²) in [7, 11) is 0. The fourth-order valence-electron chi connectivity index (χ4n) is 3.44. The quantitative estimate of drug-likeness (QED) is 0.580. The van der Waals surface area contributed by atoms with Crippen molar-refractivity contribution in [3.8, 4) is 5.75 Å². The maximum absolute atomic E-state index is 13.2. The van der Waals surface area contributed by atoms with Crippen LogP contribution in [-0.2, 0) is 6.61 Å². The van der Waals surface area contributed by atoms with E-state index in [2.05, 4.69) is 21.8 Å². The molecule has 4 nitrogen and oxygen atoms in total. The average molecular weight is 399 g/mol. The summed E-state index contributed by atoms with van der Waals surface area (Å²) in [5.41, 5.74) is 3.24. The zero-order valence-electron chi connectivity index (χ0n) is 15.5. The summed E-state index contributed by atoms with van der Waals surface area (Å²) in [6.45, 7) is 5.16. The summed E-state index contributed by atoms with van der Waals surface area (Å²) in [6.07, 6.45) is 2.08. The Morgan fingerprint density at radius 2 is 2.07 bits per heavy atom. The van der Waals surface area contributed by atoms with Gasteiger partial charge in [-0.2, -0.15) is 11.3 Å². The van der Waals surface area contributed by atoms with Crippen LogP contribution >= 0.6 is 22.7 Å². The van der Waals surface area contributed by atoms with Crippen molar-refractivity contribution in [3.63, 3.8) is 0 Å². The van der Waals surface area contributed by atoms with E-state index in [4.69, 9.17) is 4.74 Å². The molecule has 0 unspecified atom stereocenters. The van der Waals surface area contributed by atoms with Crippen molar-refractivity contribution < 1.29 is 9.53 Å². The van der Waals surface area contributed by atoms with Crippen molar-refractivity contribution in [3.05, 3.63) is 67.8 Å². The molecule has 1 aliphatic rings. The molecule has 3 aromatic rings. The third-order valence-corrected chi connectivity index (χ3v) is 6.68. The van der Waals surface area contributed by atoms with E-state index in [9.17, 15) is 4.79 Å². The molecule has 1 atom stereocenters. The van der Waals surface area contributed by atoms with E-state index >= 15 is 0 Å². The maximum Gasteiger partial charge on any atom is 0.266 e. The summed E-state index contributed by atoms with van der Waals surface area (Å²) >= 11 is 3.14. The van der Waals surface area contributed by atoms with E-state index in [-0.39, 0.29) is 11.9 Å². The number of thiazole rings is 1. The van der Waals surface area contributed by atoms with E-state index in [1.54, 1.807) is 11.3 Å². The van der Waals surface area contributed by atoms with Crippen LogP contribution in [0.15, 0.2) is 41.1 Å². The highest BCUT2D eigenvalue weighted by atomic mass is 32.1. The Bertz CT molecular complexity index is 916. The molecule has 0 bridgehead atoms. The predicted octanol–water partition coefficient (Wildman–Crippen LogP) is 5.38. The summed E-state index contributed by atoms with van der Waals surface area (Å²) in [5.74, 6) is 0.915. The second kappa shape index (κ2) is 7.82. The first kappa shape index (κ1) is 18.2. The lowest BCUT2D eigenvalue weighted by atomic mass is 10.1. The standard InChI is InChI=1S/C21H22N2O2S2/c1-14-5-7-17(8-6-14)25-12-19-22-15(2)20(27-19)21(24)23-10-3-4-18(23)16-9-11-26-13-16/h5-9,11,13,18H,3-4,10,12H2,1-2H3/t18-/m1/s1. The van der Waals surface area contributed by atoms with Crippen LogP contribution in [0.4, 0.5) is 0 Å². The van der Waals surface area contributed by atoms with Gasteiger partial charge in [-0.05, 0) is 61.2 Å². The normalized spacial score (nSPS) is 16.7. The number of aryl methyl sites for hydroxylation is 2. The number of thiophene rings is 1. The van der Waals surface area contributed by atoms with Gasteiger partial charge in [0.1, 0.15) is 22.2 Å². The van der Waals surface area contributed by atoms with Gasteiger partial charge in [0, 0.05) is 6.54 Å². The molecule has 1 aromatic carbocycles. The van der Waals surface area contributed by atoms with Gasteiger partial charge in [0.15, 0.2) is 0 Å². The van der Waals surface area contributed by atoms with Crippen LogP contribution in [0.3, 0.4) is 0 Å². The van der Waals surface area contributed by atoms with Crippen LogP contribution in [0.1, 0.15) is 50.4 Å². The maximum atomic E-state index is 13.2. The van der Waals surface area contributed by atoms with Crippen LogP contribution in [-0.4, -0.2) is 22.3 Å². The number of ether oxygens (including phenoxy) is 1. The molecular weight excluding hydrogens is 376 g/mol. The van der Waals surface area contributed by atoms with Crippen LogP contribution in [0, 0.1) is 13.8 Å². The minimum absolute atomic E-state index is 0.0975. The fraction of sp³-hybridized carbons (Fsp3) is 0.333. The Balaban J connectivity index is 1.47. The van der Waals surface area contributed by atoms with Gasteiger partial charge in [-0.15, -0.1) is 11.3 Å². The first-order valence-corrected chi connectivity index (χ1v) is 10.9. The van der Waals surface area contributed by atoms with Crippen molar-refractivity contribution in [2.45, 2.75) is 39.3 Å². The molecule has 0 radical (unpaired) electrons. The molecule has 3 heterocycles. The lowest BCUT2D eigenvalue weighted by Crippen LogP contribution is -2.30. The average Bonchev–Trinajstić information content (AvgIpc) is 3.41. The molecule has 2 aromatic heterocycles. The molecule has 0 aliphatic carbocycles. The second-order valence-corrected chi connectivity index (χ2v) is 8.70. The van der Waals surface area contributed by atoms with E-state index in [1.165, 1.54) is 22.5 Å². The van der Waals surface area contributed by atoms with Crippen molar-refractivity contribution in [2.75, 3.05) is 6.54 Å². The summed E-state index contributed by atoms with van der Waals surface area (Å²) < 4.78 is 5.83. The third kappa shape index (κ3) is 3.92. The molecule has 0 spiro atoms. The van der Waals surface area contributed by atoms with E-state index in [0.29, 0.717) is 6.61 Å². The molecule has 6 heteroatoms. The largest absolute Gasteiger partial charge is 0.486 e. The highest BCUT2D eigenvalue weighted by Crippen LogP contribution is 2.35. The second-order valence-electron chi connectivity index (χ2n) is 6.84. The van der Waals surface area contributed by atoms with E-state index in [1.807, 2.05) is 43.0 Å². The molecule has 1 saturated heterocycles. The molecule has 4 rings (SSSR count). The summed E-state index contributed by atoms with van der Waals surface area (Å²) in [5, 5.41) is 5.06. The Morgan fingerprint density at radius 1 is 1.26 bits per heavy atom. The minimum atomic E-state index is 0.0975. The highest BCUT2D eigenvalue weighted by molar-refractivity contribution is 7.13. The monoisotopic (exact) mass is 398 g/mol. The predicted molar refractivity (Wildman–Crippen MR) is 110 cm³/mol. The molecule has 1 amide bonds. The number of rotatable bonds is 5. The zero-order chi connectivity index (χ0) is 18.8. The molecular formula is C21H22N2O2S2. The van der Waals surface area contributed by atoms with Crippen LogP contribution in [0.25, 0.3) is 0 Å². The van der Waals surface area contributed by atoms with E-state index in [0.717, 1.165) is 40.7 Å². The van der Waals surface area contributed by atoms with Gasteiger partial charge in [0.2, 0.25) is 0 Å². The Kier molecular flexibility index (Phi) is 5.27. The third-order valence-electron chi connectivity index (χ3n) is 4.86. The number of likely N-dealkylation sites (tertiary alicyclic amines) is 1. The van der Waals surface area contributed by atoms with Gasteiger partial charge in [-0.3, -0.25) is 4.79 Å². The number of hydrogen-bond acceptors (Lipinski definition) is 5. The Hall–Kier alpha value is -2.18. The van der Waals surface area contributed by atoms with Gasteiger partial charge >= 0.3 is 0 Å². The summed E-state index contributed by atoms with van der Waals surface area (Å²) in [4.78, 5) is 20.5. The van der Waals surface area contributed by atoms with Gasteiger partial charge in [0.05, 0.1) is 11.7 Å². The zero-order valence-corrected chi connectivity index (χ0v) is 17.1. The Morgan fingerprint density at radius 3 is 2.81 bits per heavy atom. The smallest absolute Gasteiger partial charge is 0.266 e. The lowest BCUT2D eigenvalue weighted by molar-refractivity contribution is 0.0740. The van der Waals surface area contributed by atoms with Crippen molar-refractivity contribution in [2.24, 2.45) is 0 Å². The number of nitrogens with zero attached hydrogens (tertiary/aromatic N) is 2. The Labute approximate surface area is 167 Å². The summed E-state index contributed by atoms with van der Waals surface area (Å²) in [6, 6.07) is 10.3. The molecule has 1 aliphatic heterocycles. The SMILES string of the molecule is Cc1ccc(OCc2nc(C)c(C(=O)N3CCC[C@@H]3c3ccsc3)s2)cc1. The van der Waals surface area contributed by atoms with Crippen molar-refractivity contribution >= 4 is 28.6 Å². The molecule has 27 heavy (non-hydrogen) atoms. The van der Waals surface area contributed by atoms with Gasteiger partial charge < -0.3 is 9.64 Å². The lowest BCUT2D eigenvalue weighted by Gasteiger charge is -2.23. The van der Waals surface area contributed by atoms with Crippen molar-refractivity contribution in [1.29, 1.82) is 0 Å². The van der Waals surface area contributed by atoms with Gasteiger partial charge in [0.25, 0.3) is 5.91 Å². The van der Waals surface area contributed by atoms with Crippen LogP contribution in [0.5, 0.6) is 5.75 Å². The van der Waals surface area contributed by atoms with Gasteiger partial charge in [-0.1, -0.05) is 17.7 Å². The van der Waals surface area contributed by atoms with Gasteiger partial charge in [-0.25, -0.2) is 4.98 Å². The van der Waals surface area contributed by atoms with Crippen LogP contribution in [0.2, 0.25) is 0 Å². The number of carbonyl (C=O) groups excluding carboxylic acids is 1. The van der Waals surface area contributed by atoms with Crippen LogP contribution < -0.4 is 4.74 Å². The molecule has 1 fully saturated rings. The number of carbonyl (C=O) groups is 1. The molecule has 0 N–H and O–H groups in total. The number of aromatic nitrogens is 1. The first-order valence-electron chi connectivity index (χ1n) is 9.10. The van der Waals surface area contributed by atoms with E-state index < -0.39 is 0 Å². The minimum Gasteiger partial charge on any atom is -0.486 e. The molecule has 140 valence electrons. The first-order chi connectivity index (χ1) is 13.1. The number of hydrogen-bond donors (Lipinski definition) is 0. The fourth-order valence-corrected chi connectivity index (χ4v) is 5.08. The number of benzene rings is 1.